The molecule has 0 radical (unpaired) electrons. The third kappa shape index (κ3) is 6.72. The van der Waals surface area contributed by atoms with E-state index in [1.54, 1.807) is 18.2 Å². The second-order valence-corrected chi connectivity index (χ2v) is 7.35. The van der Waals surface area contributed by atoms with Crippen LogP contribution in [0.1, 0.15) is 30.6 Å². The number of benzene rings is 1. The highest BCUT2D eigenvalue weighted by Crippen LogP contribution is 2.19. The highest BCUT2D eigenvalue weighted by atomic mass is 35.5. The van der Waals surface area contributed by atoms with E-state index in [9.17, 15) is 9.59 Å². The van der Waals surface area contributed by atoms with Crippen molar-refractivity contribution in [3.63, 3.8) is 0 Å². The van der Waals surface area contributed by atoms with Gasteiger partial charge in [0.15, 0.2) is 0 Å². The van der Waals surface area contributed by atoms with Crippen LogP contribution in [0.15, 0.2) is 18.2 Å². The molecule has 3 N–H and O–H groups in total. The monoisotopic (exact) mass is 386 g/mol. The fourth-order valence-electron chi connectivity index (χ4n) is 2.75. The van der Waals surface area contributed by atoms with E-state index < -0.39 is 0 Å². The Morgan fingerprint density at radius 3 is 2.56 bits per heavy atom. The largest absolute Gasteiger partial charge is 0.348 e. The van der Waals surface area contributed by atoms with Gasteiger partial charge in [-0.25, -0.2) is 4.79 Å². The average Bonchev–Trinajstić information content (AvgIpc) is 2.92. The zero-order valence-electron chi connectivity index (χ0n) is 14.4. The Kier molecular flexibility index (Phi) is 7.35. The van der Waals surface area contributed by atoms with Gasteiger partial charge in [-0.3, -0.25) is 9.69 Å². The van der Waals surface area contributed by atoms with Crippen molar-refractivity contribution in [3.05, 3.63) is 33.8 Å². The quantitative estimate of drug-likeness (QED) is 0.702. The maximum atomic E-state index is 12.3. The van der Waals surface area contributed by atoms with E-state index in [0.29, 0.717) is 22.2 Å². The standard InChI is InChI=1S/C17H24Cl2N4O2/c1-11(2)21-17(25)20-4-6-23-5-3-15(10-23)22-16(24)12-7-13(18)9-14(19)8-12/h7-9,11,15H,3-6,10H2,1-2H3,(H,22,24)(H2,20,21,25). The molecule has 6 nitrogen and oxygen atoms in total. The van der Waals surface area contributed by atoms with Crippen LogP contribution in [-0.4, -0.2) is 55.1 Å². The first-order valence-electron chi connectivity index (χ1n) is 8.37. The van der Waals surface area contributed by atoms with E-state index in [1.165, 1.54) is 0 Å². The Labute approximate surface area is 158 Å². The second kappa shape index (κ2) is 9.27. The lowest BCUT2D eigenvalue weighted by atomic mass is 10.2. The number of rotatable bonds is 6. The number of carbonyl (C=O) groups excluding carboxylic acids is 2. The van der Waals surface area contributed by atoms with Gasteiger partial charge in [-0.05, 0) is 38.5 Å². The van der Waals surface area contributed by atoms with Crippen molar-refractivity contribution in [1.82, 2.24) is 20.9 Å². The minimum atomic E-state index is -0.175. The Balaban J connectivity index is 1.73. The summed E-state index contributed by atoms with van der Waals surface area (Å²) in [5, 5.41) is 9.50. The Hall–Kier alpha value is -1.50. The highest BCUT2D eigenvalue weighted by molar-refractivity contribution is 6.35. The van der Waals surface area contributed by atoms with Crippen LogP contribution in [0.5, 0.6) is 0 Å². The van der Waals surface area contributed by atoms with Crippen molar-refractivity contribution in [2.24, 2.45) is 0 Å². The van der Waals surface area contributed by atoms with Gasteiger partial charge in [0.05, 0.1) is 0 Å². The van der Waals surface area contributed by atoms with E-state index in [2.05, 4.69) is 20.9 Å². The zero-order valence-corrected chi connectivity index (χ0v) is 16.0. The molecular formula is C17H24Cl2N4O2. The van der Waals surface area contributed by atoms with Gasteiger partial charge in [0.25, 0.3) is 5.91 Å². The Morgan fingerprint density at radius 1 is 1.24 bits per heavy atom. The summed E-state index contributed by atoms with van der Waals surface area (Å²) in [7, 11) is 0. The molecule has 0 bridgehead atoms. The number of hydrogen-bond acceptors (Lipinski definition) is 3. The maximum absolute atomic E-state index is 12.3. The molecule has 8 heteroatoms. The van der Waals surface area contributed by atoms with E-state index >= 15 is 0 Å². The first-order chi connectivity index (χ1) is 11.8. The van der Waals surface area contributed by atoms with Crippen LogP contribution < -0.4 is 16.0 Å². The summed E-state index contributed by atoms with van der Waals surface area (Å²) in [5.41, 5.74) is 0.461. The van der Waals surface area contributed by atoms with Crippen LogP contribution in [0.4, 0.5) is 4.79 Å². The number of halogens is 2. The van der Waals surface area contributed by atoms with Crippen molar-refractivity contribution in [3.8, 4) is 0 Å². The molecule has 2 rings (SSSR count). The second-order valence-electron chi connectivity index (χ2n) is 6.47. The predicted octanol–water partition coefficient (Wildman–Crippen LogP) is 2.51. The van der Waals surface area contributed by atoms with E-state index in [0.717, 1.165) is 26.1 Å². The maximum Gasteiger partial charge on any atom is 0.315 e. The van der Waals surface area contributed by atoms with Gasteiger partial charge in [0.1, 0.15) is 0 Å². The molecule has 0 spiro atoms. The fraction of sp³-hybridized carbons (Fsp3) is 0.529. The molecule has 1 heterocycles. The first-order valence-corrected chi connectivity index (χ1v) is 9.12. The smallest absolute Gasteiger partial charge is 0.315 e. The molecule has 1 aromatic rings. The Bertz CT molecular complexity index is 604. The summed E-state index contributed by atoms with van der Waals surface area (Å²) in [6, 6.07) is 4.84. The zero-order chi connectivity index (χ0) is 18.4. The van der Waals surface area contributed by atoms with Crippen molar-refractivity contribution >= 4 is 35.1 Å². The molecule has 1 aliphatic heterocycles. The average molecular weight is 387 g/mol. The van der Waals surface area contributed by atoms with Gasteiger partial charge in [-0.15, -0.1) is 0 Å². The minimum absolute atomic E-state index is 0.0785. The molecule has 1 aromatic carbocycles. The number of urea groups is 1. The van der Waals surface area contributed by atoms with Crippen molar-refractivity contribution in [2.75, 3.05) is 26.2 Å². The SMILES string of the molecule is CC(C)NC(=O)NCCN1CCC(NC(=O)c2cc(Cl)cc(Cl)c2)C1. The first kappa shape index (κ1) is 19.8. The lowest BCUT2D eigenvalue weighted by molar-refractivity contribution is 0.0938. The van der Waals surface area contributed by atoms with Crippen LogP contribution >= 0.6 is 23.2 Å². The minimum Gasteiger partial charge on any atom is -0.348 e. The van der Waals surface area contributed by atoms with Crippen LogP contribution in [0.3, 0.4) is 0 Å². The predicted molar refractivity (Wildman–Crippen MR) is 100 cm³/mol. The molecule has 0 aliphatic carbocycles. The Morgan fingerprint density at radius 2 is 1.92 bits per heavy atom. The molecule has 1 atom stereocenters. The van der Waals surface area contributed by atoms with Gasteiger partial charge >= 0.3 is 6.03 Å². The number of nitrogens with zero attached hydrogens (tertiary/aromatic N) is 1. The van der Waals surface area contributed by atoms with Gasteiger partial charge in [0, 0.05) is 53.9 Å². The summed E-state index contributed by atoms with van der Waals surface area (Å²) < 4.78 is 0. The summed E-state index contributed by atoms with van der Waals surface area (Å²) in [5.74, 6) is -0.175. The van der Waals surface area contributed by atoms with Gasteiger partial charge in [-0.1, -0.05) is 23.2 Å². The summed E-state index contributed by atoms with van der Waals surface area (Å²) in [4.78, 5) is 26.0. The molecular weight excluding hydrogens is 363 g/mol. The summed E-state index contributed by atoms with van der Waals surface area (Å²) in [6.45, 7) is 6.80. The molecule has 1 unspecified atom stereocenters. The third-order valence-electron chi connectivity index (χ3n) is 3.87. The molecule has 1 saturated heterocycles. The number of amides is 3. The molecule has 1 aliphatic rings. The molecule has 3 amide bonds. The van der Waals surface area contributed by atoms with Gasteiger partial charge in [-0.2, -0.15) is 0 Å². The van der Waals surface area contributed by atoms with Crippen LogP contribution in [0.25, 0.3) is 0 Å². The van der Waals surface area contributed by atoms with E-state index in [1.807, 2.05) is 13.8 Å². The van der Waals surface area contributed by atoms with Crippen LogP contribution in [0, 0.1) is 0 Å². The topological polar surface area (TPSA) is 73.5 Å². The van der Waals surface area contributed by atoms with Crippen molar-refractivity contribution < 1.29 is 9.59 Å². The van der Waals surface area contributed by atoms with Crippen LogP contribution in [-0.2, 0) is 0 Å². The fourth-order valence-corrected chi connectivity index (χ4v) is 3.27. The van der Waals surface area contributed by atoms with E-state index in [-0.39, 0.29) is 24.0 Å². The number of likely N-dealkylation sites (tertiary alicyclic amines) is 1. The molecule has 138 valence electrons. The normalized spacial score (nSPS) is 17.6. The summed E-state index contributed by atoms with van der Waals surface area (Å²) in [6.07, 6.45) is 0.873. The van der Waals surface area contributed by atoms with Crippen LogP contribution in [0.2, 0.25) is 10.0 Å². The third-order valence-corrected chi connectivity index (χ3v) is 4.30. The number of hydrogen-bond donors (Lipinski definition) is 3. The van der Waals surface area contributed by atoms with Crippen molar-refractivity contribution in [2.45, 2.75) is 32.4 Å². The summed E-state index contributed by atoms with van der Waals surface area (Å²) >= 11 is 11.9. The molecule has 25 heavy (non-hydrogen) atoms. The number of nitrogens with one attached hydrogen (secondary N) is 3. The molecule has 1 fully saturated rings. The number of carbonyl (C=O) groups is 2. The molecule has 0 aromatic heterocycles. The van der Waals surface area contributed by atoms with Crippen molar-refractivity contribution in [1.29, 1.82) is 0 Å². The lowest BCUT2D eigenvalue weighted by Crippen LogP contribution is -2.43. The van der Waals surface area contributed by atoms with E-state index in [4.69, 9.17) is 23.2 Å². The highest BCUT2D eigenvalue weighted by Gasteiger charge is 2.24. The molecule has 0 saturated carbocycles. The van der Waals surface area contributed by atoms with Gasteiger partial charge in [0.2, 0.25) is 0 Å². The lowest BCUT2D eigenvalue weighted by Gasteiger charge is -2.17. The van der Waals surface area contributed by atoms with Gasteiger partial charge < -0.3 is 16.0 Å².